The van der Waals surface area contributed by atoms with Gasteiger partial charge in [0, 0.05) is 4.47 Å². The van der Waals surface area contributed by atoms with Crippen molar-refractivity contribution in [1.29, 1.82) is 0 Å². The molecule has 0 unspecified atom stereocenters. The Kier molecular flexibility index (Phi) is 6.52. The first-order chi connectivity index (χ1) is 9.02. The topological polar surface area (TPSA) is 69.6 Å². The lowest BCUT2D eigenvalue weighted by atomic mass is 10.3. The van der Waals surface area contributed by atoms with Crippen molar-refractivity contribution in [3.8, 4) is 0 Å². The number of nitrogens with one attached hydrogen (secondary N) is 1. The van der Waals surface area contributed by atoms with Gasteiger partial charge in [0.05, 0.1) is 18.8 Å². The van der Waals surface area contributed by atoms with Crippen LogP contribution in [0.3, 0.4) is 0 Å². The summed E-state index contributed by atoms with van der Waals surface area (Å²) in [6, 6.07) is 7.29. The second kappa shape index (κ2) is 7.91. The van der Waals surface area contributed by atoms with Crippen LogP contribution in [-0.4, -0.2) is 41.5 Å². The van der Waals surface area contributed by atoms with Crippen LogP contribution in [0.5, 0.6) is 0 Å². The Morgan fingerprint density at radius 2 is 2.00 bits per heavy atom. The Balaban J connectivity index is 2.57. The zero-order chi connectivity index (χ0) is 14.3. The number of amides is 1. The van der Waals surface area contributed by atoms with E-state index in [9.17, 15) is 9.59 Å². The number of para-hydroxylation sites is 1. The van der Waals surface area contributed by atoms with Gasteiger partial charge in [0.25, 0.3) is 0 Å². The van der Waals surface area contributed by atoms with E-state index in [1.165, 1.54) is 0 Å². The van der Waals surface area contributed by atoms with Crippen molar-refractivity contribution in [1.82, 2.24) is 4.90 Å². The third kappa shape index (κ3) is 5.85. The molecule has 0 bridgehead atoms. The Morgan fingerprint density at radius 3 is 2.58 bits per heavy atom. The standard InChI is InChI=1S/C13H17BrN2O3/c1-2-7-16(9-13(18)19)8-12(17)15-11-6-4-3-5-10(11)14/h3-6H,2,7-9H2,1H3,(H,15,17)(H,18,19). The van der Waals surface area contributed by atoms with Crippen molar-refractivity contribution in [2.45, 2.75) is 13.3 Å². The van der Waals surface area contributed by atoms with Gasteiger partial charge in [0.2, 0.25) is 5.91 Å². The SMILES string of the molecule is CCCN(CC(=O)O)CC(=O)Nc1ccccc1Br. The van der Waals surface area contributed by atoms with E-state index in [4.69, 9.17) is 5.11 Å². The zero-order valence-corrected chi connectivity index (χ0v) is 12.3. The molecule has 6 heteroatoms. The van der Waals surface area contributed by atoms with E-state index < -0.39 is 5.97 Å². The molecular weight excluding hydrogens is 312 g/mol. The predicted octanol–water partition coefficient (Wildman–Crippen LogP) is 2.18. The Bertz CT molecular complexity index is 451. The maximum atomic E-state index is 11.9. The smallest absolute Gasteiger partial charge is 0.317 e. The average molecular weight is 329 g/mol. The normalized spacial score (nSPS) is 10.5. The number of halogens is 1. The summed E-state index contributed by atoms with van der Waals surface area (Å²) in [4.78, 5) is 24.2. The number of rotatable bonds is 7. The van der Waals surface area contributed by atoms with Crippen LogP contribution in [0.4, 0.5) is 5.69 Å². The highest BCUT2D eigenvalue weighted by Gasteiger charge is 2.13. The fourth-order valence-electron chi connectivity index (χ4n) is 1.68. The molecule has 0 aliphatic heterocycles. The molecular formula is C13H17BrN2O3. The maximum absolute atomic E-state index is 11.9. The fourth-order valence-corrected chi connectivity index (χ4v) is 2.06. The molecule has 1 aromatic carbocycles. The highest BCUT2D eigenvalue weighted by molar-refractivity contribution is 9.10. The number of nitrogens with zero attached hydrogens (tertiary/aromatic N) is 1. The fraction of sp³-hybridized carbons (Fsp3) is 0.385. The minimum absolute atomic E-state index is 0.0709. The Morgan fingerprint density at radius 1 is 1.32 bits per heavy atom. The quantitative estimate of drug-likeness (QED) is 0.804. The molecule has 0 aromatic heterocycles. The van der Waals surface area contributed by atoms with Crippen molar-refractivity contribution in [2.24, 2.45) is 0 Å². The molecule has 2 N–H and O–H groups in total. The number of carboxylic acids is 1. The van der Waals surface area contributed by atoms with Crippen LogP contribution in [0.15, 0.2) is 28.7 Å². The Labute approximate surface area is 120 Å². The van der Waals surface area contributed by atoms with Crippen molar-refractivity contribution in [3.05, 3.63) is 28.7 Å². The van der Waals surface area contributed by atoms with Crippen LogP contribution in [-0.2, 0) is 9.59 Å². The van der Waals surface area contributed by atoms with Crippen molar-refractivity contribution in [3.63, 3.8) is 0 Å². The number of carboxylic acid groups (broad SMARTS) is 1. The summed E-state index contributed by atoms with van der Waals surface area (Å²) in [6.45, 7) is 2.47. The average Bonchev–Trinajstić information content (AvgIpc) is 2.31. The third-order valence-corrected chi connectivity index (χ3v) is 3.11. The minimum Gasteiger partial charge on any atom is -0.480 e. The molecule has 19 heavy (non-hydrogen) atoms. The molecule has 1 aromatic rings. The second-order valence-corrected chi connectivity index (χ2v) is 4.99. The zero-order valence-electron chi connectivity index (χ0n) is 10.7. The van der Waals surface area contributed by atoms with Gasteiger partial charge in [-0.25, -0.2) is 0 Å². The number of anilines is 1. The van der Waals surface area contributed by atoms with Gasteiger partial charge in [-0.05, 0) is 41.0 Å². The van der Waals surface area contributed by atoms with Crippen molar-refractivity contribution in [2.75, 3.05) is 25.0 Å². The molecule has 0 saturated heterocycles. The van der Waals surface area contributed by atoms with E-state index in [0.717, 1.165) is 10.9 Å². The van der Waals surface area contributed by atoms with Gasteiger partial charge >= 0.3 is 5.97 Å². The van der Waals surface area contributed by atoms with Gasteiger partial charge in [-0.3, -0.25) is 14.5 Å². The lowest BCUT2D eigenvalue weighted by molar-refractivity contribution is -0.138. The molecule has 1 rings (SSSR count). The van der Waals surface area contributed by atoms with E-state index in [1.54, 1.807) is 11.0 Å². The van der Waals surface area contributed by atoms with E-state index in [1.807, 2.05) is 25.1 Å². The summed E-state index contributed by atoms with van der Waals surface area (Å²) in [5, 5.41) is 11.5. The van der Waals surface area contributed by atoms with Gasteiger partial charge in [0.1, 0.15) is 0 Å². The van der Waals surface area contributed by atoms with Crippen LogP contribution in [0, 0.1) is 0 Å². The largest absolute Gasteiger partial charge is 0.480 e. The summed E-state index contributed by atoms with van der Waals surface area (Å²) >= 11 is 3.34. The van der Waals surface area contributed by atoms with Gasteiger partial charge in [-0.2, -0.15) is 0 Å². The molecule has 0 saturated carbocycles. The number of hydrogen-bond donors (Lipinski definition) is 2. The molecule has 0 aliphatic rings. The van der Waals surface area contributed by atoms with Crippen molar-refractivity contribution >= 4 is 33.5 Å². The van der Waals surface area contributed by atoms with Gasteiger partial charge in [-0.1, -0.05) is 19.1 Å². The van der Waals surface area contributed by atoms with Crippen LogP contribution in [0.1, 0.15) is 13.3 Å². The van der Waals surface area contributed by atoms with Crippen LogP contribution in [0.25, 0.3) is 0 Å². The number of hydrogen-bond acceptors (Lipinski definition) is 3. The van der Waals surface area contributed by atoms with Crippen molar-refractivity contribution < 1.29 is 14.7 Å². The number of carbonyl (C=O) groups excluding carboxylic acids is 1. The number of carbonyl (C=O) groups is 2. The molecule has 0 fully saturated rings. The van der Waals surface area contributed by atoms with Gasteiger partial charge < -0.3 is 10.4 Å². The summed E-state index contributed by atoms with van der Waals surface area (Å²) in [6.07, 6.45) is 0.801. The first kappa shape index (κ1) is 15.7. The van der Waals surface area contributed by atoms with E-state index in [-0.39, 0.29) is 19.0 Å². The lowest BCUT2D eigenvalue weighted by Gasteiger charge is -2.18. The van der Waals surface area contributed by atoms with E-state index in [0.29, 0.717) is 12.2 Å². The number of benzene rings is 1. The molecule has 1 amide bonds. The first-order valence-electron chi connectivity index (χ1n) is 6.01. The van der Waals surface area contributed by atoms with E-state index in [2.05, 4.69) is 21.2 Å². The van der Waals surface area contributed by atoms with Gasteiger partial charge in [-0.15, -0.1) is 0 Å². The third-order valence-electron chi connectivity index (χ3n) is 2.41. The van der Waals surface area contributed by atoms with Crippen LogP contribution < -0.4 is 5.32 Å². The first-order valence-corrected chi connectivity index (χ1v) is 6.80. The van der Waals surface area contributed by atoms with Crippen LogP contribution in [0.2, 0.25) is 0 Å². The molecule has 0 aliphatic carbocycles. The summed E-state index contributed by atoms with van der Waals surface area (Å²) in [5.74, 6) is -1.15. The molecule has 0 radical (unpaired) electrons. The highest BCUT2D eigenvalue weighted by atomic mass is 79.9. The van der Waals surface area contributed by atoms with E-state index >= 15 is 0 Å². The van der Waals surface area contributed by atoms with Gasteiger partial charge in [0.15, 0.2) is 0 Å². The number of aliphatic carboxylic acids is 1. The second-order valence-electron chi connectivity index (χ2n) is 4.13. The lowest BCUT2D eigenvalue weighted by Crippen LogP contribution is -2.37. The molecule has 0 heterocycles. The molecule has 5 nitrogen and oxygen atoms in total. The molecule has 0 spiro atoms. The predicted molar refractivity (Wildman–Crippen MR) is 77.1 cm³/mol. The maximum Gasteiger partial charge on any atom is 0.317 e. The monoisotopic (exact) mass is 328 g/mol. The summed E-state index contributed by atoms with van der Waals surface area (Å²) in [5.41, 5.74) is 0.680. The highest BCUT2D eigenvalue weighted by Crippen LogP contribution is 2.20. The Hall–Kier alpha value is -1.40. The van der Waals surface area contributed by atoms with Crippen LogP contribution >= 0.6 is 15.9 Å². The molecule has 104 valence electrons. The summed E-state index contributed by atoms with van der Waals surface area (Å²) < 4.78 is 0.795. The summed E-state index contributed by atoms with van der Waals surface area (Å²) in [7, 11) is 0. The minimum atomic E-state index is -0.929. The molecule has 0 atom stereocenters.